The maximum atomic E-state index is 12.5. The molecule has 4 amide bonds. The van der Waals surface area contributed by atoms with Gasteiger partial charge in [-0.05, 0) is 24.6 Å². The maximum Gasteiger partial charge on any atom is 0.325 e. The highest BCUT2D eigenvalue weighted by Gasteiger charge is 2.48. The number of primary amides is 1. The Kier molecular flexibility index (Phi) is 4.11. The summed E-state index contributed by atoms with van der Waals surface area (Å²) in [6.07, 6.45) is -0.0867. The smallest absolute Gasteiger partial charge is 0.325 e. The van der Waals surface area contributed by atoms with E-state index in [4.69, 9.17) is 28.9 Å². The van der Waals surface area contributed by atoms with Crippen molar-refractivity contribution >= 4 is 41.0 Å². The molecule has 3 N–H and O–H groups in total. The zero-order valence-electron chi connectivity index (χ0n) is 11.2. The van der Waals surface area contributed by atoms with Crippen molar-refractivity contribution in [3.05, 3.63) is 33.8 Å². The third kappa shape index (κ3) is 2.82. The van der Waals surface area contributed by atoms with Crippen LogP contribution in [0.2, 0.25) is 10.0 Å². The van der Waals surface area contributed by atoms with Crippen LogP contribution in [0.1, 0.15) is 18.9 Å². The van der Waals surface area contributed by atoms with Gasteiger partial charge in [-0.15, -0.1) is 0 Å². The van der Waals surface area contributed by atoms with Crippen molar-refractivity contribution in [1.82, 2.24) is 10.2 Å². The van der Waals surface area contributed by atoms with E-state index in [0.29, 0.717) is 10.6 Å². The first-order valence-electron chi connectivity index (χ1n) is 6.13. The lowest BCUT2D eigenvalue weighted by atomic mass is 9.92. The molecule has 1 aromatic rings. The van der Waals surface area contributed by atoms with Crippen LogP contribution in [-0.4, -0.2) is 29.3 Å². The predicted molar refractivity (Wildman–Crippen MR) is 77.9 cm³/mol. The summed E-state index contributed by atoms with van der Waals surface area (Å²) in [6.45, 7) is 1.51. The number of imide groups is 1. The second-order valence-electron chi connectivity index (χ2n) is 4.86. The molecular formula is C13H13Cl2N3O3. The van der Waals surface area contributed by atoms with Crippen molar-refractivity contribution in [3.8, 4) is 0 Å². The number of amides is 4. The Morgan fingerprint density at radius 3 is 2.57 bits per heavy atom. The lowest BCUT2D eigenvalue weighted by molar-refractivity contribution is -0.131. The fourth-order valence-electron chi connectivity index (χ4n) is 2.12. The number of hydrogen-bond acceptors (Lipinski definition) is 3. The Labute approximate surface area is 131 Å². The molecule has 0 saturated carbocycles. The van der Waals surface area contributed by atoms with E-state index < -0.39 is 23.4 Å². The Morgan fingerprint density at radius 1 is 1.33 bits per heavy atom. The highest BCUT2D eigenvalue weighted by atomic mass is 35.5. The molecule has 2 rings (SSSR count). The second-order valence-corrected chi connectivity index (χ2v) is 5.67. The summed E-state index contributed by atoms with van der Waals surface area (Å²) in [7, 11) is 0. The number of urea groups is 1. The molecule has 1 saturated heterocycles. The molecule has 1 atom stereocenters. The summed E-state index contributed by atoms with van der Waals surface area (Å²) in [4.78, 5) is 36.2. The van der Waals surface area contributed by atoms with Gasteiger partial charge in [0.05, 0.1) is 10.0 Å². The van der Waals surface area contributed by atoms with Gasteiger partial charge in [-0.1, -0.05) is 29.3 Å². The summed E-state index contributed by atoms with van der Waals surface area (Å²) in [5.41, 5.74) is 4.30. The van der Waals surface area contributed by atoms with Crippen molar-refractivity contribution in [2.24, 2.45) is 5.73 Å². The Hall–Kier alpha value is -1.79. The van der Waals surface area contributed by atoms with Crippen LogP contribution >= 0.6 is 23.2 Å². The summed E-state index contributed by atoms with van der Waals surface area (Å²) >= 11 is 11.8. The first kappa shape index (κ1) is 15.6. The average Bonchev–Trinajstić information content (AvgIpc) is 2.62. The minimum Gasteiger partial charge on any atom is -0.370 e. The molecule has 6 nitrogen and oxygen atoms in total. The molecule has 21 heavy (non-hydrogen) atoms. The monoisotopic (exact) mass is 329 g/mol. The summed E-state index contributed by atoms with van der Waals surface area (Å²) in [6, 6.07) is 4.12. The number of nitrogens with zero attached hydrogens (tertiary/aromatic N) is 1. The molecule has 1 aliphatic heterocycles. The number of hydrogen-bond donors (Lipinski definition) is 2. The van der Waals surface area contributed by atoms with E-state index in [0.717, 1.165) is 4.90 Å². The van der Waals surface area contributed by atoms with Gasteiger partial charge in [0, 0.05) is 13.0 Å². The number of benzene rings is 1. The van der Waals surface area contributed by atoms with Crippen LogP contribution in [-0.2, 0) is 15.1 Å². The third-order valence-electron chi connectivity index (χ3n) is 3.35. The topological polar surface area (TPSA) is 92.5 Å². The molecule has 1 fully saturated rings. The van der Waals surface area contributed by atoms with Crippen LogP contribution < -0.4 is 11.1 Å². The van der Waals surface area contributed by atoms with Crippen LogP contribution in [0.25, 0.3) is 0 Å². The predicted octanol–water partition coefficient (Wildman–Crippen LogP) is 1.64. The van der Waals surface area contributed by atoms with Gasteiger partial charge in [-0.25, -0.2) is 4.79 Å². The molecule has 0 spiro atoms. The normalized spacial score (nSPS) is 21.6. The molecular weight excluding hydrogens is 317 g/mol. The Morgan fingerprint density at radius 2 is 2.00 bits per heavy atom. The van der Waals surface area contributed by atoms with Crippen LogP contribution in [0.3, 0.4) is 0 Å². The van der Waals surface area contributed by atoms with Gasteiger partial charge in [-0.3, -0.25) is 14.5 Å². The molecule has 0 bridgehead atoms. The van der Waals surface area contributed by atoms with E-state index >= 15 is 0 Å². The van der Waals surface area contributed by atoms with Crippen molar-refractivity contribution < 1.29 is 14.4 Å². The highest BCUT2D eigenvalue weighted by Crippen LogP contribution is 2.32. The molecule has 0 aromatic heterocycles. The van der Waals surface area contributed by atoms with E-state index in [1.54, 1.807) is 19.1 Å². The van der Waals surface area contributed by atoms with Crippen LogP contribution in [0, 0.1) is 0 Å². The average molecular weight is 330 g/mol. The van der Waals surface area contributed by atoms with Crippen molar-refractivity contribution in [2.75, 3.05) is 6.54 Å². The van der Waals surface area contributed by atoms with Gasteiger partial charge in [-0.2, -0.15) is 0 Å². The molecule has 0 radical (unpaired) electrons. The van der Waals surface area contributed by atoms with Crippen molar-refractivity contribution in [1.29, 1.82) is 0 Å². The highest BCUT2D eigenvalue weighted by molar-refractivity contribution is 6.42. The number of rotatable bonds is 4. The Balaban J connectivity index is 2.31. The quantitative estimate of drug-likeness (QED) is 0.822. The molecule has 1 aliphatic rings. The van der Waals surface area contributed by atoms with Crippen molar-refractivity contribution in [3.63, 3.8) is 0 Å². The van der Waals surface area contributed by atoms with Gasteiger partial charge in [0.15, 0.2) is 0 Å². The first-order valence-corrected chi connectivity index (χ1v) is 6.89. The number of carbonyl (C=O) groups excluding carboxylic acids is 3. The van der Waals surface area contributed by atoms with Gasteiger partial charge in [0.25, 0.3) is 5.91 Å². The number of nitrogens with two attached hydrogens (primary N) is 1. The first-order chi connectivity index (χ1) is 9.75. The zero-order valence-corrected chi connectivity index (χ0v) is 12.7. The van der Waals surface area contributed by atoms with Gasteiger partial charge >= 0.3 is 6.03 Å². The fourth-order valence-corrected chi connectivity index (χ4v) is 2.42. The molecule has 1 heterocycles. The Bertz CT molecular complexity index is 635. The van der Waals surface area contributed by atoms with Gasteiger partial charge in [0.1, 0.15) is 5.54 Å². The molecule has 112 valence electrons. The fraction of sp³-hybridized carbons (Fsp3) is 0.308. The van der Waals surface area contributed by atoms with Crippen LogP contribution in [0.5, 0.6) is 0 Å². The van der Waals surface area contributed by atoms with E-state index in [9.17, 15) is 14.4 Å². The SMILES string of the molecule is C[C@]1(c2ccc(Cl)c(Cl)c2)NC(=O)N(CCC(N)=O)C1=O. The minimum atomic E-state index is -1.25. The van der Waals surface area contributed by atoms with Crippen LogP contribution in [0.15, 0.2) is 18.2 Å². The lowest BCUT2D eigenvalue weighted by Crippen LogP contribution is -2.41. The number of nitrogens with one attached hydrogen (secondary N) is 1. The van der Waals surface area contributed by atoms with E-state index in [1.807, 2.05) is 0 Å². The zero-order chi connectivity index (χ0) is 15.8. The summed E-state index contributed by atoms with van der Waals surface area (Å²) in [5.74, 6) is -1.05. The van der Waals surface area contributed by atoms with E-state index in [-0.39, 0.29) is 18.0 Å². The summed E-state index contributed by atoms with van der Waals surface area (Å²) in [5, 5.41) is 3.24. The van der Waals surface area contributed by atoms with Crippen LogP contribution in [0.4, 0.5) is 4.79 Å². The summed E-state index contributed by atoms with van der Waals surface area (Å²) < 4.78 is 0. The molecule has 8 heteroatoms. The van der Waals surface area contributed by atoms with E-state index in [1.165, 1.54) is 6.07 Å². The number of carbonyl (C=O) groups is 3. The van der Waals surface area contributed by atoms with Gasteiger partial charge < -0.3 is 11.1 Å². The minimum absolute atomic E-state index is 0.0586. The molecule has 1 aromatic carbocycles. The third-order valence-corrected chi connectivity index (χ3v) is 4.09. The maximum absolute atomic E-state index is 12.5. The number of halogens is 2. The van der Waals surface area contributed by atoms with E-state index in [2.05, 4.69) is 5.32 Å². The largest absolute Gasteiger partial charge is 0.370 e. The molecule has 0 aliphatic carbocycles. The lowest BCUT2D eigenvalue weighted by Gasteiger charge is -2.22. The standard InChI is InChI=1S/C13H13Cl2N3O3/c1-13(7-2-3-8(14)9(15)6-7)11(20)18(12(21)17-13)5-4-10(16)19/h2-3,6H,4-5H2,1H3,(H2,16,19)(H,17,21)/t13-/m1/s1. The molecule has 0 unspecified atom stereocenters. The van der Waals surface area contributed by atoms with Gasteiger partial charge in [0.2, 0.25) is 5.91 Å². The van der Waals surface area contributed by atoms with Crippen molar-refractivity contribution in [2.45, 2.75) is 18.9 Å². The second kappa shape index (κ2) is 5.54.